The van der Waals surface area contributed by atoms with E-state index in [0.29, 0.717) is 16.5 Å². The summed E-state index contributed by atoms with van der Waals surface area (Å²) in [6.45, 7) is 3.32. The van der Waals surface area contributed by atoms with E-state index in [0.717, 1.165) is 24.3 Å². The van der Waals surface area contributed by atoms with Crippen LogP contribution in [0.4, 0.5) is 11.4 Å². The lowest BCUT2D eigenvalue weighted by Gasteiger charge is -2.28. The molecule has 0 atom stereocenters. The number of amides is 1. The summed E-state index contributed by atoms with van der Waals surface area (Å²) in [5, 5.41) is 3.32. The molecule has 1 fully saturated rings. The van der Waals surface area contributed by atoms with Crippen molar-refractivity contribution >= 4 is 34.9 Å². The van der Waals surface area contributed by atoms with E-state index in [2.05, 4.69) is 10.2 Å². The maximum Gasteiger partial charge on any atom is 0.344 e. The molecule has 0 spiro atoms. The SMILES string of the molecule is Cc1cc(Cl)ccc1OCC(=O)OCC(=O)Nc1ccc(N2CCCCC2)cc1. The van der Waals surface area contributed by atoms with Gasteiger partial charge in [-0.3, -0.25) is 4.79 Å². The van der Waals surface area contributed by atoms with Crippen LogP contribution in [0.2, 0.25) is 5.02 Å². The molecule has 0 radical (unpaired) electrons. The van der Waals surface area contributed by atoms with Crippen molar-refractivity contribution in [3.05, 3.63) is 53.1 Å². The minimum Gasteiger partial charge on any atom is -0.482 e. The minimum atomic E-state index is -0.616. The number of nitrogens with zero attached hydrogens (tertiary/aromatic N) is 1. The van der Waals surface area contributed by atoms with Crippen LogP contribution in [0.15, 0.2) is 42.5 Å². The average molecular weight is 417 g/mol. The van der Waals surface area contributed by atoms with Crippen LogP contribution in [0.5, 0.6) is 5.75 Å². The third-order valence-corrected chi connectivity index (χ3v) is 4.95. The first kappa shape index (κ1) is 21.0. The van der Waals surface area contributed by atoms with E-state index in [1.165, 1.54) is 19.3 Å². The third-order valence-electron chi connectivity index (χ3n) is 4.72. The molecule has 7 heteroatoms. The number of benzene rings is 2. The number of carbonyl (C=O) groups excluding carboxylic acids is 2. The number of ether oxygens (including phenoxy) is 2. The highest BCUT2D eigenvalue weighted by Gasteiger charge is 2.12. The summed E-state index contributed by atoms with van der Waals surface area (Å²) >= 11 is 5.88. The van der Waals surface area contributed by atoms with E-state index in [9.17, 15) is 9.59 Å². The fraction of sp³-hybridized carbons (Fsp3) is 0.364. The zero-order valence-electron chi connectivity index (χ0n) is 16.4. The van der Waals surface area contributed by atoms with E-state index in [4.69, 9.17) is 21.1 Å². The summed E-state index contributed by atoms with van der Waals surface area (Å²) < 4.78 is 10.4. The number of nitrogens with one attached hydrogen (secondary N) is 1. The first-order valence-electron chi connectivity index (χ1n) is 9.71. The van der Waals surface area contributed by atoms with E-state index in [1.54, 1.807) is 18.2 Å². The Kier molecular flexibility index (Phi) is 7.36. The van der Waals surface area contributed by atoms with Crippen LogP contribution < -0.4 is 15.0 Å². The van der Waals surface area contributed by atoms with Gasteiger partial charge in [-0.25, -0.2) is 4.79 Å². The number of esters is 1. The Morgan fingerprint density at radius 2 is 1.76 bits per heavy atom. The lowest BCUT2D eigenvalue weighted by Crippen LogP contribution is -2.29. The van der Waals surface area contributed by atoms with Crippen LogP contribution in [-0.4, -0.2) is 38.2 Å². The van der Waals surface area contributed by atoms with Gasteiger partial charge in [0.2, 0.25) is 0 Å². The summed E-state index contributed by atoms with van der Waals surface area (Å²) in [4.78, 5) is 26.2. The highest BCUT2D eigenvalue weighted by molar-refractivity contribution is 6.30. The third kappa shape index (κ3) is 6.39. The minimum absolute atomic E-state index is 0.277. The van der Waals surface area contributed by atoms with Crippen LogP contribution in [0, 0.1) is 6.92 Å². The van der Waals surface area contributed by atoms with Gasteiger partial charge in [-0.1, -0.05) is 11.6 Å². The Morgan fingerprint density at radius 3 is 2.45 bits per heavy atom. The van der Waals surface area contributed by atoms with Crippen molar-refractivity contribution in [2.24, 2.45) is 0 Å². The van der Waals surface area contributed by atoms with Gasteiger partial charge in [-0.05, 0) is 74.2 Å². The predicted octanol–water partition coefficient (Wildman–Crippen LogP) is 4.20. The second-order valence-electron chi connectivity index (χ2n) is 7.00. The summed E-state index contributed by atoms with van der Waals surface area (Å²) in [5.41, 5.74) is 2.64. The van der Waals surface area contributed by atoms with Gasteiger partial charge in [0, 0.05) is 29.5 Å². The molecule has 0 bridgehead atoms. The molecule has 154 valence electrons. The number of carbonyl (C=O) groups is 2. The highest BCUT2D eigenvalue weighted by Crippen LogP contribution is 2.22. The Labute approximate surface area is 175 Å². The number of hydrogen-bond acceptors (Lipinski definition) is 5. The molecule has 0 saturated carbocycles. The molecule has 1 saturated heterocycles. The molecule has 3 rings (SSSR count). The van der Waals surface area contributed by atoms with Crippen molar-refractivity contribution in [1.82, 2.24) is 0 Å². The molecule has 0 aromatic heterocycles. The van der Waals surface area contributed by atoms with Gasteiger partial charge in [-0.15, -0.1) is 0 Å². The second kappa shape index (κ2) is 10.2. The average Bonchev–Trinajstić information content (AvgIpc) is 2.73. The number of anilines is 2. The first-order valence-corrected chi connectivity index (χ1v) is 10.1. The maximum atomic E-state index is 12.0. The van der Waals surface area contributed by atoms with Crippen LogP contribution in [-0.2, 0) is 14.3 Å². The molecule has 1 heterocycles. The number of aryl methyl sites for hydroxylation is 1. The molecule has 0 aliphatic carbocycles. The van der Waals surface area contributed by atoms with Gasteiger partial charge >= 0.3 is 5.97 Å². The van der Waals surface area contributed by atoms with Gasteiger partial charge in [-0.2, -0.15) is 0 Å². The number of halogens is 1. The fourth-order valence-electron chi connectivity index (χ4n) is 3.20. The summed E-state index contributed by atoms with van der Waals surface area (Å²) in [6.07, 6.45) is 3.71. The first-order chi connectivity index (χ1) is 14.0. The highest BCUT2D eigenvalue weighted by atomic mass is 35.5. The summed E-state index contributed by atoms with van der Waals surface area (Å²) in [6, 6.07) is 12.8. The molecule has 6 nitrogen and oxygen atoms in total. The number of piperidine rings is 1. The molecule has 2 aromatic rings. The molecule has 1 aliphatic heterocycles. The second-order valence-corrected chi connectivity index (χ2v) is 7.44. The maximum absolute atomic E-state index is 12.0. The molecule has 0 unspecified atom stereocenters. The van der Waals surface area contributed by atoms with Crippen molar-refractivity contribution < 1.29 is 19.1 Å². The summed E-state index contributed by atoms with van der Waals surface area (Å²) in [5.74, 6) is -0.466. The quantitative estimate of drug-likeness (QED) is 0.685. The van der Waals surface area contributed by atoms with Gasteiger partial charge in [0.25, 0.3) is 5.91 Å². The molecule has 1 amide bonds. The zero-order chi connectivity index (χ0) is 20.6. The lowest BCUT2D eigenvalue weighted by molar-refractivity contribution is -0.149. The number of hydrogen-bond donors (Lipinski definition) is 1. The smallest absolute Gasteiger partial charge is 0.344 e. The van der Waals surface area contributed by atoms with E-state index < -0.39 is 11.9 Å². The topological polar surface area (TPSA) is 67.9 Å². The molecular formula is C22H25ClN2O4. The van der Waals surface area contributed by atoms with Crippen molar-refractivity contribution in [1.29, 1.82) is 0 Å². The molecular weight excluding hydrogens is 392 g/mol. The van der Waals surface area contributed by atoms with Crippen LogP contribution in [0.1, 0.15) is 24.8 Å². The standard InChI is InChI=1S/C22H25ClN2O4/c1-16-13-17(23)5-10-20(16)28-15-22(27)29-14-21(26)24-18-6-8-19(9-7-18)25-11-3-2-4-12-25/h5-10,13H,2-4,11-12,14-15H2,1H3,(H,24,26). The number of rotatable bonds is 7. The van der Waals surface area contributed by atoms with E-state index >= 15 is 0 Å². The lowest BCUT2D eigenvalue weighted by atomic mass is 10.1. The van der Waals surface area contributed by atoms with Crippen LogP contribution in [0.3, 0.4) is 0 Å². The largest absolute Gasteiger partial charge is 0.482 e. The van der Waals surface area contributed by atoms with Crippen molar-refractivity contribution in [3.63, 3.8) is 0 Å². The Morgan fingerprint density at radius 1 is 1.03 bits per heavy atom. The normalized spacial score (nSPS) is 13.7. The van der Waals surface area contributed by atoms with Gasteiger partial charge in [0.05, 0.1) is 0 Å². The Hall–Kier alpha value is -2.73. The molecule has 1 aliphatic rings. The summed E-state index contributed by atoms with van der Waals surface area (Å²) in [7, 11) is 0. The van der Waals surface area contributed by atoms with Crippen LogP contribution >= 0.6 is 11.6 Å². The molecule has 29 heavy (non-hydrogen) atoms. The van der Waals surface area contributed by atoms with Gasteiger partial charge in [0.1, 0.15) is 5.75 Å². The van der Waals surface area contributed by atoms with E-state index in [1.807, 2.05) is 31.2 Å². The van der Waals surface area contributed by atoms with E-state index in [-0.39, 0.29) is 13.2 Å². The fourth-order valence-corrected chi connectivity index (χ4v) is 3.43. The Bertz CT molecular complexity index is 848. The molecule has 2 aromatic carbocycles. The zero-order valence-corrected chi connectivity index (χ0v) is 17.2. The van der Waals surface area contributed by atoms with Crippen LogP contribution in [0.25, 0.3) is 0 Å². The Balaban J connectivity index is 1.40. The van der Waals surface area contributed by atoms with Crippen molar-refractivity contribution in [2.45, 2.75) is 26.2 Å². The van der Waals surface area contributed by atoms with Crippen molar-refractivity contribution in [2.75, 3.05) is 36.5 Å². The van der Waals surface area contributed by atoms with Gasteiger partial charge < -0.3 is 19.7 Å². The predicted molar refractivity (Wildman–Crippen MR) is 114 cm³/mol. The van der Waals surface area contributed by atoms with Crippen molar-refractivity contribution in [3.8, 4) is 5.75 Å². The van der Waals surface area contributed by atoms with Gasteiger partial charge in [0.15, 0.2) is 13.2 Å². The monoisotopic (exact) mass is 416 g/mol. The molecule has 1 N–H and O–H groups in total.